The summed E-state index contributed by atoms with van der Waals surface area (Å²) in [4.78, 5) is 33.1. The third-order valence-electron chi connectivity index (χ3n) is 6.15. The van der Waals surface area contributed by atoms with Gasteiger partial charge in [-0.15, -0.1) is 0 Å². The van der Waals surface area contributed by atoms with Crippen molar-refractivity contribution in [3.63, 3.8) is 0 Å². The number of imidazole rings is 1. The number of carbonyl (C=O) groups is 1. The van der Waals surface area contributed by atoms with E-state index in [4.69, 9.17) is 0 Å². The molecule has 0 bridgehead atoms. The smallest absolute Gasteiger partial charge is 0.224 e. The van der Waals surface area contributed by atoms with Gasteiger partial charge >= 0.3 is 0 Å². The highest BCUT2D eigenvalue weighted by Crippen LogP contribution is 2.35. The van der Waals surface area contributed by atoms with E-state index in [1.165, 1.54) is 0 Å². The Balaban J connectivity index is 1.42. The van der Waals surface area contributed by atoms with Crippen LogP contribution in [0.1, 0.15) is 20.3 Å². The molecule has 0 radical (unpaired) electrons. The van der Waals surface area contributed by atoms with Gasteiger partial charge in [0.15, 0.2) is 11.5 Å². The molecule has 0 aliphatic rings. The number of rotatable bonds is 6. The second kappa shape index (κ2) is 9.47. The largest absolute Gasteiger partial charge is 0.335 e. The van der Waals surface area contributed by atoms with Gasteiger partial charge in [0.1, 0.15) is 11.5 Å². The predicted molar refractivity (Wildman–Crippen MR) is 143 cm³/mol. The number of H-pyrrole nitrogens is 2. The summed E-state index contributed by atoms with van der Waals surface area (Å²) in [6, 6.07) is 12.6. The van der Waals surface area contributed by atoms with Crippen LogP contribution in [-0.4, -0.2) is 41.0 Å². The van der Waals surface area contributed by atoms with Crippen LogP contribution >= 0.6 is 0 Å². The van der Waals surface area contributed by atoms with Gasteiger partial charge in [-0.25, -0.2) is 14.4 Å². The van der Waals surface area contributed by atoms with Gasteiger partial charge in [-0.1, -0.05) is 19.9 Å². The minimum absolute atomic E-state index is 0.115. The first-order chi connectivity index (χ1) is 18.5. The Morgan fingerprint density at radius 3 is 2.76 bits per heavy atom. The average Bonchev–Trinajstić information content (AvgIpc) is 3.54. The Hall–Kier alpha value is -4.99. The number of halogens is 1. The molecule has 1 aromatic carbocycles. The van der Waals surface area contributed by atoms with Crippen LogP contribution in [0, 0.1) is 11.7 Å². The zero-order valence-electron chi connectivity index (χ0n) is 20.7. The van der Waals surface area contributed by atoms with Crippen LogP contribution in [0.4, 0.5) is 10.1 Å². The summed E-state index contributed by atoms with van der Waals surface area (Å²) in [5.41, 5.74) is 4.98. The molecule has 1 amide bonds. The molecule has 5 heterocycles. The zero-order valence-corrected chi connectivity index (χ0v) is 20.7. The fourth-order valence-corrected chi connectivity index (χ4v) is 4.46. The van der Waals surface area contributed by atoms with Crippen LogP contribution < -0.4 is 5.32 Å². The minimum Gasteiger partial charge on any atom is -0.335 e. The molecule has 188 valence electrons. The van der Waals surface area contributed by atoms with Crippen molar-refractivity contribution < 1.29 is 9.18 Å². The fourth-order valence-electron chi connectivity index (χ4n) is 4.46. The quantitative estimate of drug-likeness (QED) is 0.264. The van der Waals surface area contributed by atoms with Crippen molar-refractivity contribution >= 4 is 33.7 Å². The van der Waals surface area contributed by atoms with Gasteiger partial charge in [0, 0.05) is 41.7 Å². The van der Waals surface area contributed by atoms with Crippen molar-refractivity contribution in [3.8, 4) is 33.9 Å². The molecular weight excluding hydrogens is 483 g/mol. The summed E-state index contributed by atoms with van der Waals surface area (Å²) >= 11 is 0. The molecule has 0 saturated carbocycles. The molecule has 0 aliphatic heterocycles. The lowest BCUT2D eigenvalue weighted by Crippen LogP contribution is -2.14. The highest BCUT2D eigenvalue weighted by atomic mass is 19.1. The van der Waals surface area contributed by atoms with Gasteiger partial charge in [0.2, 0.25) is 5.91 Å². The molecule has 6 rings (SSSR count). The topological polar surface area (TPSA) is 125 Å². The summed E-state index contributed by atoms with van der Waals surface area (Å²) < 4.78 is 16.1. The van der Waals surface area contributed by atoms with E-state index in [9.17, 15) is 4.79 Å². The number of hydrogen-bond donors (Lipinski definition) is 3. The number of pyridine rings is 3. The van der Waals surface area contributed by atoms with Gasteiger partial charge in [-0.2, -0.15) is 5.10 Å². The van der Waals surface area contributed by atoms with Crippen LogP contribution in [0.25, 0.3) is 56.0 Å². The molecule has 0 unspecified atom stereocenters. The fraction of sp³-hybridized carbons (Fsp3) is 0.143. The maximum absolute atomic E-state index is 16.1. The van der Waals surface area contributed by atoms with E-state index in [1.54, 1.807) is 43.0 Å². The number of carbonyl (C=O) groups excluding carboxylic acids is 1. The van der Waals surface area contributed by atoms with Crippen LogP contribution in [0.15, 0.2) is 67.3 Å². The molecule has 5 aromatic heterocycles. The highest BCUT2D eigenvalue weighted by molar-refractivity contribution is 5.98. The number of aromatic amines is 2. The molecule has 0 fully saturated rings. The molecule has 38 heavy (non-hydrogen) atoms. The van der Waals surface area contributed by atoms with E-state index < -0.39 is 5.82 Å². The van der Waals surface area contributed by atoms with Gasteiger partial charge in [-0.05, 0) is 42.3 Å². The van der Waals surface area contributed by atoms with E-state index in [2.05, 4.69) is 40.4 Å². The normalized spacial score (nSPS) is 11.5. The number of hydrogen-bond acceptors (Lipinski definition) is 6. The van der Waals surface area contributed by atoms with Gasteiger partial charge in [0.05, 0.1) is 34.0 Å². The van der Waals surface area contributed by atoms with Crippen molar-refractivity contribution in [1.29, 1.82) is 0 Å². The monoisotopic (exact) mass is 506 g/mol. The molecule has 0 spiro atoms. The third kappa shape index (κ3) is 4.26. The summed E-state index contributed by atoms with van der Waals surface area (Å²) in [6.45, 7) is 3.94. The molecule has 0 atom stereocenters. The Morgan fingerprint density at radius 2 is 1.95 bits per heavy atom. The molecule has 3 N–H and O–H groups in total. The molecule has 10 heteroatoms. The highest BCUT2D eigenvalue weighted by Gasteiger charge is 2.21. The number of benzene rings is 1. The molecule has 0 saturated heterocycles. The van der Waals surface area contributed by atoms with Crippen LogP contribution in [0.3, 0.4) is 0 Å². The van der Waals surface area contributed by atoms with Crippen molar-refractivity contribution in [3.05, 3.63) is 73.1 Å². The molecule has 0 aliphatic carbocycles. The SMILES string of the molecule is CC(C)CC(=O)Nc1cncc(-c2ccc3[nH]nc(-c4nc5nccc(-c6ccccn6)c5[nH]4)c3c2F)c1. The number of nitrogens with zero attached hydrogens (tertiary/aromatic N) is 5. The lowest BCUT2D eigenvalue weighted by Gasteiger charge is -2.09. The second-order valence-corrected chi connectivity index (χ2v) is 9.39. The van der Waals surface area contributed by atoms with Gasteiger partial charge in [-0.3, -0.25) is 19.9 Å². The zero-order chi connectivity index (χ0) is 26.2. The minimum atomic E-state index is -0.475. The summed E-state index contributed by atoms with van der Waals surface area (Å²) in [5.74, 6) is 0.0117. The van der Waals surface area contributed by atoms with Crippen LogP contribution in [-0.2, 0) is 4.79 Å². The van der Waals surface area contributed by atoms with Crippen LogP contribution in [0.5, 0.6) is 0 Å². The van der Waals surface area contributed by atoms with E-state index in [0.717, 1.165) is 11.3 Å². The number of fused-ring (bicyclic) bond motifs is 2. The number of nitrogens with one attached hydrogen (secondary N) is 3. The van der Waals surface area contributed by atoms with Gasteiger partial charge in [0.25, 0.3) is 0 Å². The Kier molecular flexibility index (Phi) is 5.83. The number of anilines is 1. The van der Waals surface area contributed by atoms with Crippen LogP contribution in [0.2, 0.25) is 0 Å². The number of amides is 1. The standard InChI is InChI=1S/C28H23FN8O/c1-15(2)11-22(38)33-17-12-16(13-30-14-17)18-6-7-21-23(24(18)29)26(37-36-21)28-34-25-19(8-10-32-27(25)35-28)20-5-3-4-9-31-20/h3-10,12-15H,11H2,1-2H3,(H,33,38)(H,36,37)(H,32,34,35). The first-order valence-corrected chi connectivity index (χ1v) is 12.2. The maximum Gasteiger partial charge on any atom is 0.224 e. The Morgan fingerprint density at radius 1 is 1.05 bits per heavy atom. The Bertz CT molecular complexity index is 1790. The average molecular weight is 507 g/mol. The van der Waals surface area contributed by atoms with Gasteiger partial charge < -0.3 is 10.3 Å². The molecular formula is C28H23FN8O. The van der Waals surface area contributed by atoms with Crippen molar-refractivity contribution in [1.82, 2.24) is 35.1 Å². The summed E-state index contributed by atoms with van der Waals surface area (Å²) in [5, 5.41) is 10.4. The van der Waals surface area contributed by atoms with E-state index in [1.807, 2.05) is 38.1 Å². The van der Waals surface area contributed by atoms with E-state index >= 15 is 4.39 Å². The lowest BCUT2D eigenvalue weighted by atomic mass is 10.0. The van der Waals surface area contributed by atoms with E-state index in [0.29, 0.717) is 51.4 Å². The Labute approximate surface area is 216 Å². The predicted octanol–water partition coefficient (Wildman–Crippen LogP) is 5.75. The first-order valence-electron chi connectivity index (χ1n) is 12.2. The van der Waals surface area contributed by atoms with E-state index in [-0.39, 0.29) is 17.2 Å². The maximum atomic E-state index is 16.1. The summed E-state index contributed by atoms with van der Waals surface area (Å²) in [6.07, 6.45) is 6.88. The van der Waals surface area contributed by atoms with Crippen molar-refractivity contribution in [2.45, 2.75) is 20.3 Å². The number of aromatic nitrogens is 7. The first kappa shape index (κ1) is 23.4. The second-order valence-electron chi connectivity index (χ2n) is 9.39. The van der Waals surface area contributed by atoms with Crippen molar-refractivity contribution in [2.24, 2.45) is 5.92 Å². The third-order valence-corrected chi connectivity index (χ3v) is 6.15. The molecule has 6 aromatic rings. The lowest BCUT2D eigenvalue weighted by molar-refractivity contribution is -0.116. The summed E-state index contributed by atoms with van der Waals surface area (Å²) in [7, 11) is 0. The van der Waals surface area contributed by atoms with Crippen molar-refractivity contribution in [2.75, 3.05) is 5.32 Å². The molecule has 9 nitrogen and oxygen atoms in total.